The summed E-state index contributed by atoms with van der Waals surface area (Å²) >= 11 is 0. The van der Waals surface area contributed by atoms with Gasteiger partial charge in [-0.25, -0.2) is 4.79 Å². The van der Waals surface area contributed by atoms with Crippen LogP contribution in [0.15, 0.2) is 47.3 Å². The summed E-state index contributed by atoms with van der Waals surface area (Å²) in [7, 11) is 0. The summed E-state index contributed by atoms with van der Waals surface area (Å²) in [6.07, 6.45) is -4.44. The molecule has 0 bridgehead atoms. The number of nitrogens with one attached hydrogen (secondary N) is 3. The Bertz CT molecular complexity index is 971. The van der Waals surface area contributed by atoms with E-state index in [9.17, 15) is 22.8 Å². The van der Waals surface area contributed by atoms with Gasteiger partial charge in [-0.1, -0.05) is 6.07 Å². The molecule has 0 saturated carbocycles. The fourth-order valence-electron chi connectivity index (χ4n) is 2.49. The third kappa shape index (κ3) is 3.57. The van der Waals surface area contributed by atoms with E-state index in [1.807, 2.05) is 0 Å². The van der Waals surface area contributed by atoms with E-state index in [0.717, 1.165) is 29.8 Å². The zero-order valence-corrected chi connectivity index (χ0v) is 13.1. The zero-order valence-electron chi connectivity index (χ0n) is 13.1. The summed E-state index contributed by atoms with van der Waals surface area (Å²) in [4.78, 5) is 28.7. The number of aromatic nitrogens is 2. The van der Waals surface area contributed by atoms with Crippen molar-refractivity contribution >= 4 is 16.9 Å². The molecule has 0 spiro atoms. The van der Waals surface area contributed by atoms with Gasteiger partial charge in [-0.3, -0.25) is 4.79 Å². The molecule has 0 aliphatic carbocycles. The molecule has 3 N–H and O–H groups in total. The zero-order chi connectivity index (χ0) is 18.2. The highest BCUT2D eigenvalue weighted by Gasteiger charge is 2.30. The molecule has 1 atom stereocenters. The normalized spacial score (nSPS) is 13.0. The maximum absolute atomic E-state index is 12.6. The standard InChI is InChI=1S/C17H14F3N3O2/c1-9(11-4-7-13-14(8-11)23-16(25)22-13)21-15(24)10-2-5-12(6-3-10)17(18,19)20/h2-9H,1H3,(H,21,24)(H2,22,23,25). The predicted octanol–water partition coefficient (Wildman–Crippen LogP) is 3.37. The Balaban J connectivity index is 1.75. The van der Waals surface area contributed by atoms with Crippen molar-refractivity contribution in [2.75, 3.05) is 0 Å². The monoisotopic (exact) mass is 349 g/mol. The van der Waals surface area contributed by atoms with Gasteiger partial charge in [0.2, 0.25) is 0 Å². The molecule has 0 saturated heterocycles. The molecular weight excluding hydrogens is 335 g/mol. The highest BCUT2D eigenvalue weighted by Crippen LogP contribution is 2.29. The fourth-order valence-corrected chi connectivity index (χ4v) is 2.49. The van der Waals surface area contributed by atoms with Crippen LogP contribution < -0.4 is 11.0 Å². The molecule has 8 heteroatoms. The van der Waals surface area contributed by atoms with Crippen LogP contribution in [0.2, 0.25) is 0 Å². The lowest BCUT2D eigenvalue weighted by atomic mass is 10.1. The molecular formula is C17H14F3N3O2. The lowest BCUT2D eigenvalue weighted by Gasteiger charge is -2.15. The maximum Gasteiger partial charge on any atom is 0.416 e. The van der Waals surface area contributed by atoms with E-state index in [4.69, 9.17) is 0 Å². The second-order valence-electron chi connectivity index (χ2n) is 5.65. The topological polar surface area (TPSA) is 77.8 Å². The van der Waals surface area contributed by atoms with Gasteiger partial charge in [0.15, 0.2) is 0 Å². The molecule has 0 radical (unpaired) electrons. The molecule has 0 aliphatic heterocycles. The van der Waals surface area contributed by atoms with E-state index in [0.29, 0.717) is 11.0 Å². The van der Waals surface area contributed by atoms with Crippen molar-refractivity contribution in [1.29, 1.82) is 0 Å². The second kappa shape index (κ2) is 6.12. The number of H-pyrrole nitrogens is 2. The summed E-state index contributed by atoms with van der Waals surface area (Å²) in [5, 5.41) is 2.72. The molecule has 130 valence electrons. The first-order valence-electron chi connectivity index (χ1n) is 7.44. The first kappa shape index (κ1) is 16.8. The Morgan fingerprint density at radius 2 is 1.68 bits per heavy atom. The summed E-state index contributed by atoms with van der Waals surface area (Å²) < 4.78 is 37.7. The number of alkyl halides is 3. The van der Waals surface area contributed by atoms with E-state index in [1.54, 1.807) is 25.1 Å². The first-order chi connectivity index (χ1) is 11.7. The molecule has 1 heterocycles. The summed E-state index contributed by atoms with van der Waals surface area (Å²) in [6, 6.07) is 8.82. The van der Waals surface area contributed by atoms with Crippen LogP contribution in [0.4, 0.5) is 13.2 Å². The molecule has 1 aromatic heterocycles. The highest BCUT2D eigenvalue weighted by molar-refractivity contribution is 5.94. The summed E-state index contributed by atoms with van der Waals surface area (Å²) in [5.74, 6) is -0.483. The van der Waals surface area contributed by atoms with Crippen LogP contribution in [0.5, 0.6) is 0 Å². The number of halogens is 3. The summed E-state index contributed by atoms with van der Waals surface area (Å²) in [5.41, 5.74) is 1.01. The lowest BCUT2D eigenvalue weighted by molar-refractivity contribution is -0.137. The van der Waals surface area contributed by atoms with Crippen molar-refractivity contribution in [3.8, 4) is 0 Å². The summed E-state index contributed by atoms with van der Waals surface area (Å²) in [6.45, 7) is 1.74. The first-order valence-corrected chi connectivity index (χ1v) is 7.44. The molecule has 5 nitrogen and oxygen atoms in total. The van der Waals surface area contributed by atoms with Crippen molar-refractivity contribution in [3.05, 3.63) is 69.6 Å². The number of rotatable bonds is 3. The van der Waals surface area contributed by atoms with Gasteiger partial charge in [-0.15, -0.1) is 0 Å². The van der Waals surface area contributed by atoms with Crippen LogP contribution in [-0.2, 0) is 6.18 Å². The Morgan fingerprint density at radius 1 is 1.04 bits per heavy atom. The lowest BCUT2D eigenvalue weighted by Crippen LogP contribution is -2.26. The molecule has 2 aromatic carbocycles. The van der Waals surface area contributed by atoms with Gasteiger partial charge in [0.25, 0.3) is 5.91 Å². The third-order valence-electron chi connectivity index (χ3n) is 3.86. The third-order valence-corrected chi connectivity index (χ3v) is 3.86. The van der Waals surface area contributed by atoms with Crippen molar-refractivity contribution in [3.63, 3.8) is 0 Å². The maximum atomic E-state index is 12.6. The van der Waals surface area contributed by atoms with Crippen LogP contribution in [0.3, 0.4) is 0 Å². The van der Waals surface area contributed by atoms with Crippen LogP contribution in [0.25, 0.3) is 11.0 Å². The van der Waals surface area contributed by atoms with Gasteiger partial charge in [0, 0.05) is 5.56 Å². The number of benzene rings is 2. The molecule has 25 heavy (non-hydrogen) atoms. The minimum Gasteiger partial charge on any atom is -0.346 e. The average Bonchev–Trinajstić information content (AvgIpc) is 2.93. The largest absolute Gasteiger partial charge is 0.416 e. The molecule has 3 rings (SSSR count). The van der Waals surface area contributed by atoms with Crippen LogP contribution in [0, 0.1) is 0 Å². The van der Waals surface area contributed by atoms with Gasteiger partial charge >= 0.3 is 11.9 Å². The quantitative estimate of drug-likeness (QED) is 0.678. The molecule has 0 aliphatic rings. The van der Waals surface area contributed by atoms with E-state index in [2.05, 4.69) is 15.3 Å². The Morgan fingerprint density at radius 3 is 2.32 bits per heavy atom. The number of aromatic amines is 2. The molecule has 1 unspecified atom stereocenters. The molecule has 1 amide bonds. The minimum absolute atomic E-state index is 0.135. The van der Waals surface area contributed by atoms with Crippen molar-refractivity contribution in [1.82, 2.24) is 15.3 Å². The number of carbonyl (C=O) groups excluding carboxylic acids is 1. The number of fused-ring (bicyclic) bond motifs is 1. The second-order valence-corrected chi connectivity index (χ2v) is 5.65. The molecule has 3 aromatic rings. The minimum atomic E-state index is -4.44. The Labute approximate surface area is 139 Å². The Hall–Kier alpha value is -3.03. The average molecular weight is 349 g/mol. The Kier molecular flexibility index (Phi) is 4.12. The van der Waals surface area contributed by atoms with E-state index >= 15 is 0 Å². The SMILES string of the molecule is CC(NC(=O)c1ccc(C(F)(F)F)cc1)c1ccc2[nH]c(=O)[nH]c2c1. The highest BCUT2D eigenvalue weighted by atomic mass is 19.4. The van der Waals surface area contributed by atoms with Crippen LogP contribution in [0.1, 0.15) is 34.5 Å². The number of carbonyl (C=O) groups is 1. The fraction of sp³-hybridized carbons (Fsp3) is 0.176. The number of hydrogen-bond donors (Lipinski definition) is 3. The van der Waals surface area contributed by atoms with Gasteiger partial charge < -0.3 is 15.3 Å². The van der Waals surface area contributed by atoms with Gasteiger partial charge in [-0.2, -0.15) is 13.2 Å². The predicted molar refractivity (Wildman–Crippen MR) is 86.2 cm³/mol. The van der Waals surface area contributed by atoms with Crippen LogP contribution in [-0.4, -0.2) is 15.9 Å². The number of amides is 1. The van der Waals surface area contributed by atoms with Gasteiger partial charge in [0.05, 0.1) is 22.6 Å². The van der Waals surface area contributed by atoms with Crippen molar-refractivity contribution < 1.29 is 18.0 Å². The smallest absolute Gasteiger partial charge is 0.346 e. The van der Waals surface area contributed by atoms with E-state index in [1.165, 1.54) is 0 Å². The van der Waals surface area contributed by atoms with Crippen molar-refractivity contribution in [2.45, 2.75) is 19.1 Å². The van der Waals surface area contributed by atoms with Crippen LogP contribution >= 0.6 is 0 Å². The number of hydrogen-bond acceptors (Lipinski definition) is 2. The van der Waals surface area contributed by atoms with Gasteiger partial charge in [-0.05, 0) is 48.9 Å². The molecule has 0 fully saturated rings. The van der Waals surface area contributed by atoms with E-state index < -0.39 is 23.7 Å². The van der Waals surface area contributed by atoms with Gasteiger partial charge in [0.1, 0.15) is 0 Å². The number of imidazole rings is 1. The van der Waals surface area contributed by atoms with Crippen molar-refractivity contribution in [2.24, 2.45) is 0 Å². The van der Waals surface area contributed by atoms with E-state index in [-0.39, 0.29) is 11.3 Å².